The second kappa shape index (κ2) is 4.89. The Morgan fingerprint density at radius 1 is 1.31 bits per heavy atom. The van der Waals surface area contributed by atoms with Crippen LogP contribution in [0.1, 0.15) is 38.8 Å². The van der Waals surface area contributed by atoms with E-state index < -0.39 is 11.6 Å². The molecule has 2 nitrogen and oxygen atoms in total. The van der Waals surface area contributed by atoms with Crippen molar-refractivity contribution in [3.8, 4) is 0 Å². The van der Waals surface area contributed by atoms with Crippen LogP contribution in [-0.2, 0) is 0 Å². The minimum absolute atomic E-state index is 0.0181. The maximum absolute atomic E-state index is 13.5. The summed E-state index contributed by atoms with van der Waals surface area (Å²) in [5, 5.41) is 0. The van der Waals surface area contributed by atoms with Gasteiger partial charge in [-0.1, -0.05) is 32.9 Å². The fourth-order valence-corrected chi connectivity index (χ4v) is 1.66. The maximum atomic E-state index is 13.5. The highest BCUT2D eigenvalue weighted by Gasteiger charge is 2.22. The minimum Gasteiger partial charge on any atom is -0.271 e. The summed E-state index contributed by atoms with van der Waals surface area (Å²) in [5.41, 5.74) is 2.79. The molecule has 90 valence electrons. The van der Waals surface area contributed by atoms with Crippen LogP contribution < -0.4 is 11.3 Å². The quantitative estimate of drug-likeness (QED) is 0.616. The maximum Gasteiger partial charge on any atom is 0.163 e. The molecule has 0 spiro atoms. The lowest BCUT2D eigenvalue weighted by Gasteiger charge is -2.26. The first-order valence-corrected chi connectivity index (χ1v) is 5.25. The molecule has 0 heterocycles. The third kappa shape index (κ3) is 3.25. The Labute approximate surface area is 94.8 Å². The van der Waals surface area contributed by atoms with Crippen LogP contribution >= 0.6 is 0 Å². The van der Waals surface area contributed by atoms with Crippen LogP contribution in [0.5, 0.6) is 0 Å². The third-order valence-corrected chi connectivity index (χ3v) is 2.37. The van der Waals surface area contributed by atoms with E-state index in [9.17, 15) is 8.78 Å². The number of hydrogen-bond acceptors (Lipinski definition) is 2. The van der Waals surface area contributed by atoms with Crippen molar-refractivity contribution in [1.82, 2.24) is 5.43 Å². The van der Waals surface area contributed by atoms with Crippen LogP contribution in [0.2, 0.25) is 0 Å². The molecule has 0 saturated heterocycles. The summed E-state index contributed by atoms with van der Waals surface area (Å²) in [6.07, 6.45) is 0.629. The molecule has 0 radical (unpaired) electrons. The Balaban J connectivity index is 3.00. The molecule has 0 amide bonds. The summed E-state index contributed by atoms with van der Waals surface area (Å²) in [4.78, 5) is 0. The van der Waals surface area contributed by atoms with Gasteiger partial charge in [-0.15, -0.1) is 0 Å². The highest BCUT2D eigenvalue weighted by atomic mass is 19.2. The van der Waals surface area contributed by atoms with Crippen molar-refractivity contribution in [2.24, 2.45) is 11.3 Å². The van der Waals surface area contributed by atoms with E-state index in [0.29, 0.717) is 6.42 Å². The van der Waals surface area contributed by atoms with Gasteiger partial charge in [-0.2, -0.15) is 0 Å². The van der Waals surface area contributed by atoms with E-state index in [1.807, 2.05) is 20.8 Å². The van der Waals surface area contributed by atoms with Gasteiger partial charge in [0.15, 0.2) is 11.6 Å². The molecule has 1 rings (SSSR count). The number of rotatable bonds is 3. The van der Waals surface area contributed by atoms with Gasteiger partial charge in [-0.05, 0) is 17.9 Å². The van der Waals surface area contributed by atoms with Gasteiger partial charge in [-0.3, -0.25) is 11.3 Å². The second-order valence-corrected chi connectivity index (χ2v) is 5.13. The van der Waals surface area contributed by atoms with Crippen molar-refractivity contribution in [2.45, 2.75) is 33.2 Å². The largest absolute Gasteiger partial charge is 0.271 e. The van der Waals surface area contributed by atoms with Crippen molar-refractivity contribution in [3.63, 3.8) is 0 Å². The molecule has 0 aromatic heterocycles. The standard InChI is InChI=1S/C12H18F2N2/c1-12(2,3)7-10(16-15)8-5-4-6-9(13)11(8)14/h4-6,10,16H,7,15H2,1-3H3. The fraction of sp³-hybridized carbons (Fsp3) is 0.500. The van der Waals surface area contributed by atoms with Gasteiger partial charge in [0.25, 0.3) is 0 Å². The lowest BCUT2D eigenvalue weighted by atomic mass is 9.85. The van der Waals surface area contributed by atoms with Gasteiger partial charge >= 0.3 is 0 Å². The monoisotopic (exact) mass is 228 g/mol. The average Bonchev–Trinajstić information content (AvgIpc) is 2.18. The topological polar surface area (TPSA) is 38.0 Å². The summed E-state index contributed by atoms with van der Waals surface area (Å²) in [6.45, 7) is 6.07. The van der Waals surface area contributed by atoms with E-state index in [-0.39, 0.29) is 17.0 Å². The van der Waals surface area contributed by atoms with Crippen LogP contribution in [0.3, 0.4) is 0 Å². The molecule has 0 aliphatic rings. The lowest BCUT2D eigenvalue weighted by molar-refractivity contribution is 0.306. The zero-order valence-corrected chi connectivity index (χ0v) is 9.85. The summed E-state index contributed by atoms with van der Waals surface area (Å²) in [6, 6.07) is 3.76. The van der Waals surface area contributed by atoms with E-state index in [2.05, 4.69) is 5.43 Å². The second-order valence-electron chi connectivity index (χ2n) is 5.13. The summed E-state index contributed by atoms with van der Waals surface area (Å²) in [7, 11) is 0. The molecule has 1 unspecified atom stereocenters. The average molecular weight is 228 g/mol. The molecule has 0 saturated carbocycles. The first-order chi connectivity index (χ1) is 7.35. The van der Waals surface area contributed by atoms with Crippen LogP contribution in [-0.4, -0.2) is 0 Å². The van der Waals surface area contributed by atoms with Crippen LogP contribution in [0, 0.1) is 17.0 Å². The Morgan fingerprint density at radius 3 is 2.44 bits per heavy atom. The van der Waals surface area contributed by atoms with Crippen molar-refractivity contribution in [1.29, 1.82) is 0 Å². The van der Waals surface area contributed by atoms with Crippen LogP contribution in [0.4, 0.5) is 8.78 Å². The van der Waals surface area contributed by atoms with Crippen molar-refractivity contribution < 1.29 is 8.78 Å². The van der Waals surface area contributed by atoms with Crippen molar-refractivity contribution >= 4 is 0 Å². The number of nitrogens with two attached hydrogens (primary N) is 1. The molecule has 0 bridgehead atoms. The number of benzene rings is 1. The van der Waals surface area contributed by atoms with Crippen molar-refractivity contribution in [3.05, 3.63) is 35.4 Å². The summed E-state index contributed by atoms with van der Waals surface area (Å²) >= 11 is 0. The molecule has 4 heteroatoms. The molecular weight excluding hydrogens is 210 g/mol. The number of halogens is 2. The Morgan fingerprint density at radius 2 is 1.94 bits per heavy atom. The Kier molecular flexibility index (Phi) is 3.99. The molecule has 0 aliphatic heterocycles. The number of hydrogen-bond donors (Lipinski definition) is 2. The van der Waals surface area contributed by atoms with Gasteiger partial charge in [0.05, 0.1) is 0 Å². The number of hydrazine groups is 1. The van der Waals surface area contributed by atoms with E-state index in [4.69, 9.17) is 5.84 Å². The highest BCUT2D eigenvalue weighted by molar-refractivity contribution is 5.22. The number of nitrogens with one attached hydrogen (secondary N) is 1. The van der Waals surface area contributed by atoms with E-state index >= 15 is 0 Å². The van der Waals surface area contributed by atoms with Gasteiger partial charge in [0.2, 0.25) is 0 Å². The zero-order valence-electron chi connectivity index (χ0n) is 9.85. The van der Waals surface area contributed by atoms with E-state index in [1.54, 1.807) is 6.07 Å². The molecule has 1 atom stereocenters. The SMILES string of the molecule is CC(C)(C)CC(NN)c1cccc(F)c1F. The van der Waals surface area contributed by atoms with E-state index in [1.165, 1.54) is 6.07 Å². The van der Waals surface area contributed by atoms with Gasteiger partial charge in [0, 0.05) is 11.6 Å². The Bertz CT molecular complexity index is 359. The van der Waals surface area contributed by atoms with Gasteiger partial charge in [0.1, 0.15) is 0 Å². The normalized spacial score (nSPS) is 13.9. The highest BCUT2D eigenvalue weighted by Crippen LogP contribution is 2.30. The molecule has 3 N–H and O–H groups in total. The lowest BCUT2D eigenvalue weighted by Crippen LogP contribution is -2.31. The predicted molar refractivity (Wildman–Crippen MR) is 60.5 cm³/mol. The molecule has 0 aliphatic carbocycles. The first kappa shape index (κ1) is 13.1. The summed E-state index contributed by atoms with van der Waals surface area (Å²) in [5.74, 6) is 3.73. The molecular formula is C12H18F2N2. The van der Waals surface area contributed by atoms with E-state index in [0.717, 1.165) is 6.07 Å². The van der Waals surface area contributed by atoms with Crippen LogP contribution in [0.15, 0.2) is 18.2 Å². The van der Waals surface area contributed by atoms with Crippen molar-refractivity contribution in [2.75, 3.05) is 0 Å². The predicted octanol–water partition coefficient (Wildman–Crippen LogP) is 2.91. The minimum atomic E-state index is -0.841. The summed E-state index contributed by atoms with van der Waals surface area (Å²) < 4.78 is 26.6. The third-order valence-electron chi connectivity index (χ3n) is 2.37. The van der Waals surface area contributed by atoms with Gasteiger partial charge < -0.3 is 0 Å². The van der Waals surface area contributed by atoms with Crippen LogP contribution in [0.25, 0.3) is 0 Å². The molecule has 0 fully saturated rings. The smallest absolute Gasteiger partial charge is 0.163 e. The zero-order chi connectivity index (χ0) is 12.3. The first-order valence-electron chi connectivity index (χ1n) is 5.25. The fourth-order valence-electron chi connectivity index (χ4n) is 1.66. The Hall–Kier alpha value is -1.00. The molecule has 16 heavy (non-hydrogen) atoms. The van der Waals surface area contributed by atoms with Gasteiger partial charge in [-0.25, -0.2) is 8.78 Å². The molecule has 1 aromatic carbocycles. The molecule has 1 aromatic rings.